The molecule has 2 N–H and O–H groups in total. The molecule has 1 saturated heterocycles. The van der Waals surface area contributed by atoms with Crippen LogP contribution < -0.4 is 10.6 Å². The minimum absolute atomic E-state index is 0.203. The van der Waals surface area contributed by atoms with Crippen molar-refractivity contribution in [3.8, 4) is 0 Å². The number of nitrogens with zero attached hydrogens (tertiary/aromatic N) is 2. The normalized spacial score (nSPS) is 23.1. The van der Waals surface area contributed by atoms with Gasteiger partial charge in [0.1, 0.15) is 11.4 Å². The van der Waals surface area contributed by atoms with E-state index < -0.39 is 15.6 Å². The number of hydrogen-bond donors (Lipinski definition) is 2. The lowest BCUT2D eigenvalue weighted by Gasteiger charge is -2.46. The molecule has 0 radical (unpaired) electrons. The SMILES string of the molecule is COCCN=C1Nc2ccccc2NC12CCCN(S(=O)(=O)c1cccc(Cl)c1)C2. The number of anilines is 2. The van der Waals surface area contributed by atoms with Gasteiger partial charge in [-0.15, -0.1) is 0 Å². The third-order valence-electron chi connectivity index (χ3n) is 5.46. The molecule has 0 aromatic heterocycles. The van der Waals surface area contributed by atoms with Crippen molar-refractivity contribution in [2.75, 3.05) is 44.0 Å². The Bertz CT molecular complexity index is 1060. The van der Waals surface area contributed by atoms with E-state index in [2.05, 4.69) is 10.6 Å². The van der Waals surface area contributed by atoms with Gasteiger partial charge in [0.05, 0.1) is 29.4 Å². The zero-order chi connectivity index (χ0) is 21.2. The summed E-state index contributed by atoms with van der Waals surface area (Å²) in [5.41, 5.74) is 1.23. The van der Waals surface area contributed by atoms with Gasteiger partial charge < -0.3 is 15.4 Å². The number of piperidine rings is 1. The maximum Gasteiger partial charge on any atom is 0.243 e. The Morgan fingerprint density at radius 2 is 2.00 bits per heavy atom. The van der Waals surface area contributed by atoms with Crippen LogP contribution in [-0.4, -0.2) is 57.4 Å². The number of halogens is 1. The van der Waals surface area contributed by atoms with Crippen LogP contribution in [0.4, 0.5) is 11.4 Å². The van der Waals surface area contributed by atoms with E-state index in [-0.39, 0.29) is 11.4 Å². The van der Waals surface area contributed by atoms with Crippen LogP contribution in [0.2, 0.25) is 5.02 Å². The summed E-state index contributed by atoms with van der Waals surface area (Å²) in [6, 6.07) is 14.3. The fraction of sp³-hybridized carbons (Fsp3) is 0.381. The van der Waals surface area contributed by atoms with E-state index >= 15 is 0 Å². The van der Waals surface area contributed by atoms with Crippen LogP contribution in [0.3, 0.4) is 0 Å². The molecule has 2 aromatic rings. The number of methoxy groups -OCH3 is 1. The van der Waals surface area contributed by atoms with Crippen LogP contribution in [0, 0.1) is 0 Å². The Morgan fingerprint density at radius 3 is 2.77 bits per heavy atom. The Balaban J connectivity index is 1.69. The summed E-state index contributed by atoms with van der Waals surface area (Å²) in [4.78, 5) is 4.93. The summed E-state index contributed by atoms with van der Waals surface area (Å²) in [6.45, 7) is 1.71. The fourth-order valence-electron chi connectivity index (χ4n) is 4.00. The van der Waals surface area contributed by atoms with Crippen LogP contribution in [0.15, 0.2) is 58.4 Å². The van der Waals surface area contributed by atoms with Crippen molar-refractivity contribution >= 4 is 38.8 Å². The highest BCUT2D eigenvalue weighted by molar-refractivity contribution is 7.89. The van der Waals surface area contributed by atoms with Gasteiger partial charge in [-0.3, -0.25) is 4.99 Å². The maximum atomic E-state index is 13.3. The first-order valence-electron chi connectivity index (χ1n) is 9.88. The second-order valence-electron chi connectivity index (χ2n) is 7.50. The highest BCUT2D eigenvalue weighted by Crippen LogP contribution is 2.37. The summed E-state index contributed by atoms with van der Waals surface area (Å²) in [6.07, 6.45) is 1.47. The van der Waals surface area contributed by atoms with E-state index in [1.165, 1.54) is 10.4 Å². The number of ether oxygens (including phenoxy) is 1. The van der Waals surface area contributed by atoms with Gasteiger partial charge in [0.15, 0.2) is 0 Å². The molecule has 2 aliphatic heterocycles. The fourth-order valence-corrected chi connectivity index (χ4v) is 5.84. The summed E-state index contributed by atoms with van der Waals surface area (Å²) in [7, 11) is -2.05. The first-order chi connectivity index (χ1) is 14.4. The predicted octanol–water partition coefficient (Wildman–Crippen LogP) is 3.45. The molecule has 2 heterocycles. The highest BCUT2D eigenvalue weighted by atomic mass is 35.5. The molecule has 160 valence electrons. The van der Waals surface area contributed by atoms with Crippen molar-refractivity contribution in [3.63, 3.8) is 0 Å². The van der Waals surface area contributed by atoms with Crippen LogP contribution in [0.1, 0.15) is 12.8 Å². The first kappa shape index (κ1) is 21.1. The molecule has 0 aliphatic carbocycles. The molecule has 0 bridgehead atoms. The van der Waals surface area contributed by atoms with Gasteiger partial charge in [-0.05, 0) is 43.2 Å². The van der Waals surface area contributed by atoms with Crippen molar-refractivity contribution in [2.45, 2.75) is 23.3 Å². The minimum Gasteiger partial charge on any atom is -0.383 e. The zero-order valence-corrected chi connectivity index (χ0v) is 18.3. The lowest BCUT2D eigenvalue weighted by atomic mass is 9.86. The summed E-state index contributed by atoms with van der Waals surface area (Å²) < 4.78 is 33.3. The van der Waals surface area contributed by atoms with Gasteiger partial charge in [0.2, 0.25) is 10.0 Å². The van der Waals surface area contributed by atoms with E-state index in [0.29, 0.717) is 31.1 Å². The molecule has 30 heavy (non-hydrogen) atoms. The quantitative estimate of drug-likeness (QED) is 0.684. The highest BCUT2D eigenvalue weighted by Gasteiger charge is 2.46. The Hall–Kier alpha value is -2.13. The standard InChI is InChI=1S/C21H25ClN4O3S/c1-29-13-11-23-20-21(25-19-9-3-2-8-18(19)24-20)10-5-12-26(15-21)30(27,28)17-7-4-6-16(22)14-17/h2-4,6-9,14,25H,5,10-13,15H2,1H3,(H,23,24). The topological polar surface area (TPSA) is 83.0 Å². The first-order valence-corrected chi connectivity index (χ1v) is 11.7. The minimum atomic E-state index is -3.68. The molecule has 1 spiro atoms. The van der Waals surface area contributed by atoms with Gasteiger partial charge in [-0.1, -0.05) is 29.8 Å². The Kier molecular flexibility index (Phi) is 6.02. The largest absolute Gasteiger partial charge is 0.383 e. The Morgan fingerprint density at radius 1 is 1.20 bits per heavy atom. The molecule has 1 atom stereocenters. The van der Waals surface area contributed by atoms with Crippen LogP contribution in [0.5, 0.6) is 0 Å². The van der Waals surface area contributed by atoms with Crippen molar-refractivity contribution in [1.29, 1.82) is 0 Å². The second-order valence-corrected chi connectivity index (χ2v) is 9.87. The predicted molar refractivity (Wildman–Crippen MR) is 120 cm³/mol. The number of aliphatic imine (C=N–C) groups is 1. The van der Waals surface area contributed by atoms with Crippen LogP contribution in [-0.2, 0) is 14.8 Å². The molecular weight excluding hydrogens is 424 g/mol. The molecule has 1 unspecified atom stereocenters. The number of amidine groups is 1. The number of benzene rings is 2. The second kappa shape index (κ2) is 8.55. The van der Waals surface area contributed by atoms with E-state index in [1.54, 1.807) is 25.3 Å². The molecule has 0 saturated carbocycles. The number of para-hydroxylation sites is 2. The van der Waals surface area contributed by atoms with E-state index in [9.17, 15) is 8.42 Å². The van der Waals surface area contributed by atoms with Crippen molar-refractivity contribution in [3.05, 3.63) is 53.6 Å². The van der Waals surface area contributed by atoms with Crippen LogP contribution in [0.25, 0.3) is 0 Å². The lowest BCUT2D eigenvalue weighted by molar-refractivity contribution is 0.207. The van der Waals surface area contributed by atoms with Crippen molar-refractivity contribution in [2.24, 2.45) is 4.99 Å². The van der Waals surface area contributed by atoms with E-state index in [4.69, 9.17) is 21.3 Å². The smallest absolute Gasteiger partial charge is 0.243 e. The summed E-state index contributed by atoms with van der Waals surface area (Å²) in [5, 5.41) is 7.41. The molecule has 2 aliphatic rings. The molecule has 7 nitrogen and oxygen atoms in total. The number of hydrogen-bond acceptors (Lipinski definition) is 5. The van der Waals surface area contributed by atoms with Gasteiger partial charge in [-0.25, -0.2) is 8.42 Å². The van der Waals surface area contributed by atoms with E-state index in [1.807, 2.05) is 24.3 Å². The van der Waals surface area contributed by atoms with Gasteiger partial charge in [0.25, 0.3) is 0 Å². The van der Waals surface area contributed by atoms with Crippen molar-refractivity contribution in [1.82, 2.24) is 4.31 Å². The summed E-state index contributed by atoms with van der Waals surface area (Å²) in [5.74, 6) is 0.740. The number of sulfonamides is 1. The van der Waals surface area contributed by atoms with Crippen LogP contribution >= 0.6 is 11.6 Å². The third kappa shape index (κ3) is 4.05. The summed E-state index contributed by atoms with van der Waals surface area (Å²) >= 11 is 6.05. The molecular formula is C21H25ClN4O3S. The third-order valence-corrected chi connectivity index (χ3v) is 7.54. The number of rotatable bonds is 5. The average Bonchev–Trinajstić information content (AvgIpc) is 2.74. The lowest BCUT2D eigenvalue weighted by Crippen LogP contribution is -2.62. The zero-order valence-electron chi connectivity index (χ0n) is 16.8. The molecule has 4 rings (SSSR count). The molecule has 0 amide bonds. The molecule has 9 heteroatoms. The van der Waals surface area contributed by atoms with E-state index in [0.717, 1.165) is 23.6 Å². The average molecular weight is 449 g/mol. The number of fused-ring (bicyclic) bond motifs is 1. The van der Waals surface area contributed by atoms with Gasteiger partial charge in [-0.2, -0.15) is 4.31 Å². The molecule has 2 aromatic carbocycles. The number of nitrogens with one attached hydrogen (secondary N) is 2. The Labute approximate surface area is 182 Å². The van der Waals surface area contributed by atoms with Crippen molar-refractivity contribution < 1.29 is 13.2 Å². The maximum absolute atomic E-state index is 13.3. The van der Waals surface area contributed by atoms with Gasteiger partial charge in [0, 0.05) is 25.2 Å². The monoisotopic (exact) mass is 448 g/mol. The van der Waals surface area contributed by atoms with Gasteiger partial charge >= 0.3 is 0 Å². The molecule has 1 fully saturated rings.